The predicted octanol–water partition coefficient (Wildman–Crippen LogP) is 3.48. The van der Waals surface area contributed by atoms with Crippen molar-refractivity contribution in [2.75, 3.05) is 17.7 Å². The van der Waals surface area contributed by atoms with E-state index in [0.717, 1.165) is 0 Å². The highest BCUT2D eigenvalue weighted by atomic mass is 16.1. The van der Waals surface area contributed by atoms with Gasteiger partial charge in [-0.25, -0.2) is 19.7 Å². The normalized spacial score (nSPS) is 10.9. The molecule has 0 saturated heterocycles. The van der Waals surface area contributed by atoms with E-state index in [4.69, 9.17) is 0 Å². The standard InChI is InChI=1S/C23H17N13O/c1-12-15(10-25)19(30-14-4-5-16-17(8-14)32-23(37)31-16)33-20(26-2)18(12)34-35-21-13(9-24)11-29-36(21)22-27-6-3-7-28-22/h3-8,11H,1-2H3,(H2,26,30,33)(H2,31,32,37)/b35-34+. The molecule has 1 aromatic carbocycles. The summed E-state index contributed by atoms with van der Waals surface area (Å²) in [6.07, 6.45) is 4.43. The lowest BCUT2D eigenvalue weighted by Gasteiger charge is -2.14. The number of pyridine rings is 1. The summed E-state index contributed by atoms with van der Waals surface area (Å²) in [4.78, 5) is 29.8. The van der Waals surface area contributed by atoms with Gasteiger partial charge in [0.1, 0.15) is 23.4 Å². The van der Waals surface area contributed by atoms with Crippen LogP contribution in [0.1, 0.15) is 16.7 Å². The van der Waals surface area contributed by atoms with E-state index in [-0.39, 0.29) is 28.6 Å². The van der Waals surface area contributed by atoms with Crippen LogP contribution in [-0.2, 0) is 0 Å². The van der Waals surface area contributed by atoms with E-state index >= 15 is 0 Å². The molecule has 5 rings (SSSR count). The highest BCUT2D eigenvalue weighted by Gasteiger charge is 2.19. The molecule has 0 atom stereocenters. The molecule has 0 aliphatic heterocycles. The Kier molecular flexibility index (Phi) is 5.81. The minimum absolute atomic E-state index is 0.129. The van der Waals surface area contributed by atoms with E-state index < -0.39 is 0 Å². The van der Waals surface area contributed by atoms with Gasteiger partial charge in [-0.05, 0) is 31.2 Å². The number of fused-ring (bicyclic) bond motifs is 1. The fourth-order valence-electron chi connectivity index (χ4n) is 3.63. The number of azo groups is 1. The largest absolute Gasteiger partial charge is 0.371 e. The third-order valence-electron chi connectivity index (χ3n) is 5.39. The zero-order valence-electron chi connectivity index (χ0n) is 19.5. The van der Waals surface area contributed by atoms with Gasteiger partial charge in [0.15, 0.2) is 17.5 Å². The number of anilines is 3. The van der Waals surface area contributed by atoms with Crippen LogP contribution >= 0.6 is 0 Å². The summed E-state index contributed by atoms with van der Waals surface area (Å²) in [6, 6.07) is 11.1. The predicted molar refractivity (Wildman–Crippen MR) is 133 cm³/mol. The lowest BCUT2D eigenvalue weighted by molar-refractivity contribution is 0.803. The number of nitrogens with zero attached hydrogens (tertiary/aromatic N) is 9. The Morgan fingerprint density at radius 3 is 2.57 bits per heavy atom. The first kappa shape index (κ1) is 22.9. The molecule has 0 fully saturated rings. The van der Waals surface area contributed by atoms with Gasteiger partial charge in [0.25, 0.3) is 5.95 Å². The van der Waals surface area contributed by atoms with Crippen LogP contribution in [0.5, 0.6) is 0 Å². The fraction of sp³-hybridized carbons (Fsp3) is 0.0870. The number of benzene rings is 1. The number of nitriles is 2. The van der Waals surface area contributed by atoms with E-state index in [1.165, 1.54) is 10.9 Å². The Morgan fingerprint density at radius 1 is 1.05 bits per heavy atom. The highest BCUT2D eigenvalue weighted by Crippen LogP contribution is 2.36. The van der Waals surface area contributed by atoms with Crippen molar-refractivity contribution in [3.05, 3.63) is 70.0 Å². The molecule has 0 bridgehead atoms. The Labute approximate surface area is 208 Å². The van der Waals surface area contributed by atoms with Crippen molar-refractivity contribution in [1.82, 2.24) is 34.7 Å². The molecule has 0 unspecified atom stereocenters. The zero-order chi connectivity index (χ0) is 25.9. The molecule has 14 nitrogen and oxygen atoms in total. The Bertz CT molecular complexity index is 1800. The average molecular weight is 491 g/mol. The van der Waals surface area contributed by atoms with E-state index in [0.29, 0.717) is 39.6 Å². The molecule has 37 heavy (non-hydrogen) atoms. The Balaban J connectivity index is 1.56. The second kappa shape index (κ2) is 9.40. The summed E-state index contributed by atoms with van der Waals surface area (Å²) in [6.45, 7) is 1.72. The number of imidazole rings is 1. The second-order valence-electron chi connectivity index (χ2n) is 7.64. The van der Waals surface area contributed by atoms with Crippen molar-refractivity contribution < 1.29 is 0 Å². The molecule has 5 aromatic rings. The number of aromatic nitrogens is 7. The highest BCUT2D eigenvalue weighted by molar-refractivity contribution is 5.82. The van der Waals surface area contributed by atoms with E-state index in [2.05, 4.69) is 56.9 Å². The van der Waals surface area contributed by atoms with Crippen molar-refractivity contribution in [2.45, 2.75) is 6.92 Å². The van der Waals surface area contributed by atoms with Crippen LogP contribution in [0.3, 0.4) is 0 Å². The Morgan fingerprint density at radius 2 is 1.84 bits per heavy atom. The maximum Gasteiger partial charge on any atom is 0.323 e. The van der Waals surface area contributed by atoms with Crippen molar-refractivity contribution in [3.63, 3.8) is 0 Å². The summed E-state index contributed by atoms with van der Waals surface area (Å²) < 4.78 is 1.30. The van der Waals surface area contributed by atoms with Gasteiger partial charge in [0.2, 0.25) is 0 Å². The number of nitrogens with one attached hydrogen (secondary N) is 4. The minimum atomic E-state index is -0.314. The molecule has 4 aromatic heterocycles. The fourth-order valence-corrected chi connectivity index (χ4v) is 3.63. The molecule has 4 heterocycles. The number of aromatic amines is 2. The smallest absolute Gasteiger partial charge is 0.323 e. The van der Waals surface area contributed by atoms with Crippen molar-refractivity contribution in [2.24, 2.45) is 10.2 Å². The van der Waals surface area contributed by atoms with Crippen LogP contribution in [0.15, 0.2) is 57.9 Å². The molecule has 180 valence electrons. The van der Waals surface area contributed by atoms with Crippen molar-refractivity contribution in [1.29, 1.82) is 10.5 Å². The van der Waals surface area contributed by atoms with Gasteiger partial charge >= 0.3 is 5.69 Å². The minimum Gasteiger partial charge on any atom is -0.371 e. The maximum atomic E-state index is 11.6. The molecule has 0 amide bonds. The second-order valence-corrected chi connectivity index (χ2v) is 7.64. The van der Waals surface area contributed by atoms with Crippen LogP contribution in [0.4, 0.5) is 28.8 Å². The first-order valence-electron chi connectivity index (χ1n) is 10.8. The molecule has 4 N–H and O–H groups in total. The van der Waals surface area contributed by atoms with Crippen molar-refractivity contribution in [3.8, 4) is 18.1 Å². The van der Waals surface area contributed by atoms with Gasteiger partial charge in [-0.2, -0.15) is 20.3 Å². The van der Waals surface area contributed by atoms with E-state index in [1.807, 2.05) is 6.07 Å². The molecule has 0 saturated carbocycles. The monoisotopic (exact) mass is 491 g/mol. The Hall–Kier alpha value is -5.89. The van der Waals surface area contributed by atoms with Crippen LogP contribution in [0, 0.1) is 29.6 Å². The number of rotatable bonds is 6. The van der Waals surface area contributed by atoms with E-state index in [1.54, 1.807) is 50.6 Å². The van der Waals surface area contributed by atoms with Gasteiger partial charge in [-0.15, -0.1) is 10.2 Å². The topological polar surface area (TPSA) is 201 Å². The van der Waals surface area contributed by atoms with E-state index in [9.17, 15) is 15.3 Å². The van der Waals surface area contributed by atoms with Gasteiger partial charge in [0, 0.05) is 30.7 Å². The summed E-state index contributed by atoms with van der Waals surface area (Å²) in [5, 5.41) is 38.3. The van der Waals surface area contributed by atoms with Crippen LogP contribution in [0.2, 0.25) is 0 Å². The first-order valence-corrected chi connectivity index (χ1v) is 10.8. The molecule has 14 heteroatoms. The van der Waals surface area contributed by atoms with Gasteiger partial charge in [-0.3, -0.25) is 0 Å². The summed E-state index contributed by atoms with van der Waals surface area (Å²) in [5.74, 6) is 0.990. The first-order chi connectivity index (χ1) is 18.0. The van der Waals surface area contributed by atoms with Gasteiger partial charge in [0.05, 0.1) is 22.8 Å². The summed E-state index contributed by atoms with van der Waals surface area (Å²) in [7, 11) is 1.66. The van der Waals surface area contributed by atoms with Gasteiger partial charge < -0.3 is 20.6 Å². The molecular weight excluding hydrogens is 474 g/mol. The molecule has 0 radical (unpaired) electrons. The number of hydrogen-bond donors (Lipinski definition) is 4. The number of H-pyrrole nitrogens is 2. The van der Waals surface area contributed by atoms with Crippen molar-refractivity contribution >= 4 is 39.9 Å². The lowest BCUT2D eigenvalue weighted by Crippen LogP contribution is -2.04. The third-order valence-corrected chi connectivity index (χ3v) is 5.39. The number of hydrogen-bond acceptors (Lipinski definition) is 11. The lowest BCUT2D eigenvalue weighted by atomic mass is 10.1. The molecule has 0 spiro atoms. The molecule has 0 aliphatic rings. The van der Waals surface area contributed by atoms with Crippen LogP contribution in [-0.4, -0.2) is 41.7 Å². The van der Waals surface area contributed by atoms with Crippen LogP contribution in [0.25, 0.3) is 17.0 Å². The summed E-state index contributed by atoms with van der Waals surface area (Å²) in [5.41, 5.74) is 2.80. The average Bonchev–Trinajstić information content (AvgIpc) is 3.50. The quantitative estimate of drug-likeness (QED) is 0.256. The van der Waals surface area contributed by atoms with Gasteiger partial charge in [-0.1, -0.05) is 0 Å². The maximum absolute atomic E-state index is 11.6. The zero-order valence-corrected chi connectivity index (χ0v) is 19.5. The third kappa shape index (κ3) is 4.22. The SMILES string of the molecule is CNc1nc(Nc2ccc3[nH]c(=O)[nH]c3c2)c(C#N)c(C)c1/N=N/c1c(C#N)cnn1-c1ncccn1. The molecule has 0 aliphatic carbocycles. The van der Waals surface area contributed by atoms with Crippen LogP contribution < -0.4 is 16.3 Å². The molecular formula is C23H17N13O. The summed E-state index contributed by atoms with van der Waals surface area (Å²) >= 11 is 0.